The van der Waals surface area contributed by atoms with Crippen LogP contribution in [0.3, 0.4) is 0 Å². The van der Waals surface area contributed by atoms with Gasteiger partial charge in [-0.2, -0.15) is 0 Å². The van der Waals surface area contributed by atoms with Crippen LogP contribution in [-0.2, 0) is 17.8 Å². The summed E-state index contributed by atoms with van der Waals surface area (Å²) in [5, 5.41) is 3.91. The van der Waals surface area contributed by atoms with Gasteiger partial charge >= 0.3 is 0 Å². The number of methoxy groups -OCH3 is 1. The van der Waals surface area contributed by atoms with Crippen molar-refractivity contribution in [2.24, 2.45) is 5.92 Å². The van der Waals surface area contributed by atoms with Crippen LogP contribution in [0, 0.1) is 19.8 Å². The number of carbonyl (C=O) groups is 2. The van der Waals surface area contributed by atoms with E-state index in [1.807, 2.05) is 13.8 Å². The number of aryl methyl sites for hydroxylation is 2. The van der Waals surface area contributed by atoms with Crippen LogP contribution in [-0.4, -0.2) is 30.7 Å². The average molecular weight is 496 g/mol. The van der Waals surface area contributed by atoms with Gasteiger partial charge in [0, 0.05) is 5.56 Å². The number of aromatic nitrogens is 1. The third kappa shape index (κ3) is 7.49. The lowest BCUT2D eigenvalue weighted by molar-refractivity contribution is -0.121. The molecule has 1 heterocycles. The number of rotatable bonds is 11. The Morgan fingerprint density at radius 2 is 1.75 bits per heavy atom. The molecule has 0 unspecified atom stereocenters. The van der Waals surface area contributed by atoms with E-state index in [9.17, 15) is 9.59 Å². The lowest BCUT2D eigenvalue weighted by atomic mass is 10.1. The number of carbonyl (C=O) groups excluding carboxylic acids is 2. The van der Waals surface area contributed by atoms with Crippen LogP contribution in [0.15, 0.2) is 47.0 Å². The Labute approximate surface area is 211 Å². The van der Waals surface area contributed by atoms with E-state index >= 15 is 0 Å². The van der Waals surface area contributed by atoms with E-state index in [0.29, 0.717) is 41.9 Å². The number of ether oxygens (including phenoxy) is 3. The molecule has 192 valence electrons. The zero-order valence-electron chi connectivity index (χ0n) is 21.3. The summed E-state index contributed by atoms with van der Waals surface area (Å²) in [6.45, 7) is 8.86. The second-order valence-electron chi connectivity index (χ2n) is 8.81. The molecule has 0 aliphatic heterocycles. The molecule has 0 spiro atoms. The minimum Gasteiger partial charge on any atom is -0.493 e. The molecule has 9 nitrogen and oxygen atoms in total. The van der Waals surface area contributed by atoms with Crippen molar-refractivity contribution in [1.29, 1.82) is 0 Å². The fourth-order valence-electron chi connectivity index (χ4n) is 3.33. The maximum absolute atomic E-state index is 12.5. The summed E-state index contributed by atoms with van der Waals surface area (Å²) in [7, 11) is 1.52. The second kappa shape index (κ2) is 12.6. The standard InChI is InChI=1S/C27H33N3O6/c1-17(2)12-13-34-24-11-8-21(15-25(24)33-5)27(32)29-28-26(31)14-20-6-9-22(10-7-20)35-16-23-18(3)30-36-19(23)4/h6-11,15,17H,12-14,16H2,1-5H3,(H,28,31)(H,29,32). The van der Waals surface area contributed by atoms with Crippen molar-refractivity contribution in [3.05, 3.63) is 70.6 Å². The highest BCUT2D eigenvalue weighted by atomic mass is 16.5. The predicted molar refractivity (Wildman–Crippen MR) is 134 cm³/mol. The van der Waals surface area contributed by atoms with Crippen molar-refractivity contribution in [3.63, 3.8) is 0 Å². The van der Waals surface area contributed by atoms with E-state index < -0.39 is 5.91 Å². The van der Waals surface area contributed by atoms with E-state index in [4.69, 9.17) is 18.7 Å². The Bertz CT molecular complexity index is 1150. The molecule has 9 heteroatoms. The van der Waals surface area contributed by atoms with E-state index in [-0.39, 0.29) is 12.3 Å². The second-order valence-corrected chi connectivity index (χ2v) is 8.81. The van der Waals surface area contributed by atoms with Gasteiger partial charge in [-0.05, 0) is 62.1 Å². The monoisotopic (exact) mass is 495 g/mol. The zero-order valence-corrected chi connectivity index (χ0v) is 21.3. The van der Waals surface area contributed by atoms with Crippen molar-refractivity contribution < 1.29 is 28.3 Å². The van der Waals surface area contributed by atoms with Gasteiger partial charge < -0.3 is 18.7 Å². The molecule has 0 aliphatic rings. The minimum absolute atomic E-state index is 0.0936. The first-order valence-electron chi connectivity index (χ1n) is 11.8. The summed E-state index contributed by atoms with van der Waals surface area (Å²) in [5.41, 5.74) is 7.70. The molecule has 0 aliphatic carbocycles. The topological polar surface area (TPSA) is 112 Å². The zero-order chi connectivity index (χ0) is 26.1. The van der Waals surface area contributed by atoms with Crippen molar-refractivity contribution in [3.8, 4) is 17.2 Å². The van der Waals surface area contributed by atoms with Gasteiger partial charge in [-0.15, -0.1) is 0 Å². The highest BCUT2D eigenvalue weighted by Crippen LogP contribution is 2.28. The van der Waals surface area contributed by atoms with Crippen LogP contribution in [0.2, 0.25) is 0 Å². The molecule has 0 saturated carbocycles. The van der Waals surface area contributed by atoms with Gasteiger partial charge in [-0.25, -0.2) is 0 Å². The summed E-state index contributed by atoms with van der Waals surface area (Å²) >= 11 is 0. The largest absolute Gasteiger partial charge is 0.493 e. The molecule has 0 bridgehead atoms. The summed E-state index contributed by atoms with van der Waals surface area (Å²) in [6, 6.07) is 12.1. The molecule has 2 amide bonds. The maximum atomic E-state index is 12.5. The molecule has 1 aromatic heterocycles. The van der Waals surface area contributed by atoms with Crippen LogP contribution in [0.5, 0.6) is 17.2 Å². The van der Waals surface area contributed by atoms with Crippen molar-refractivity contribution in [2.75, 3.05) is 13.7 Å². The maximum Gasteiger partial charge on any atom is 0.269 e. The predicted octanol–water partition coefficient (Wildman–Crippen LogP) is 4.31. The van der Waals surface area contributed by atoms with Gasteiger partial charge in [0.15, 0.2) is 11.5 Å². The minimum atomic E-state index is -0.460. The number of nitrogens with one attached hydrogen (secondary N) is 2. The molecule has 3 rings (SSSR count). The first-order chi connectivity index (χ1) is 17.3. The van der Waals surface area contributed by atoms with Gasteiger partial charge in [0.1, 0.15) is 18.1 Å². The van der Waals surface area contributed by atoms with Crippen LogP contribution in [0.4, 0.5) is 0 Å². The van der Waals surface area contributed by atoms with Crippen LogP contribution in [0.1, 0.15) is 53.2 Å². The average Bonchev–Trinajstić information content (AvgIpc) is 3.18. The van der Waals surface area contributed by atoms with E-state index in [1.54, 1.807) is 42.5 Å². The Kier molecular flexibility index (Phi) is 9.32. The molecular weight excluding hydrogens is 462 g/mol. The molecular formula is C27H33N3O6. The molecule has 2 N–H and O–H groups in total. The number of hydrogen-bond acceptors (Lipinski definition) is 7. The SMILES string of the molecule is COc1cc(C(=O)NNC(=O)Cc2ccc(OCc3c(C)noc3C)cc2)ccc1OCCC(C)C. The lowest BCUT2D eigenvalue weighted by Gasteiger charge is -2.13. The van der Waals surface area contributed by atoms with Crippen LogP contribution in [0.25, 0.3) is 0 Å². The van der Waals surface area contributed by atoms with Crippen LogP contribution < -0.4 is 25.1 Å². The fraction of sp³-hybridized carbons (Fsp3) is 0.370. The third-order valence-electron chi connectivity index (χ3n) is 5.55. The van der Waals surface area contributed by atoms with Crippen molar-refractivity contribution >= 4 is 11.8 Å². The van der Waals surface area contributed by atoms with E-state index in [1.165, 1.54) is 7.11 Å². The lowest BCUT2D eigenvalue weighted by Crippen LogP contribution is -2.42. The molecule has 2 aromatic carbocycles. The number of amides is 2. The summed E-state index contributed by atoms with van der Waals surface area (Å²) in [6.07, 6.45) is 1.01. The molecule has 3 aromatic rings. The molecule has 0 radical (unpaired) electrons. The normalized spacial score (nSPS) is 10.7. The van der Waals surface area contributed by atoms with Gasteiger partial charge in [0.05, 0.1) is 31.4 Å². The number of hydrazine groups is 1. The smallest absolute Gasteiger partial charge is 0.269 e. The van der Waals surface area contributed by atoms with E-state index in [2.05, 4.69) is 29.9 Å². The van der Waals surface area contributed by atoms with E-state index in [0.717, 1.165) is 29.0 Å². The Morgan fingerprint density at radius 3 is 2.39 bits per heavy atom. The fourth-order valence-corrected chi connectivity index (χ4v) is 3.33. The van der Waals surface area contributed by atoms with Crippen molar-refractivity contribution in [1.82, 2.24) is 16.0 Å². The first-order valence-corrected chi connectivity index (χ1v) is 11.8. The summed E-state index contributed by atoms with van der Waals surface area (Å²) in [4.78, 5) is 24.8. The molecule has 36 heavy (non-hydrogen) atoms. The highest BCUT2D eigenvalue weighted by Gasteiger charge is 2.13. The molecule has 0 saturated heterocycles. The highest BCUT2D eigenvalue weighted by molar-refractivity contribution is 5.96. The van der Waals surface area contributed by atoms with Gasteiger partial charge in [-0.1, -0.05) is 31.1 Å². The Hall–Kier alpha value is -4.01. The van der Waals surface area contributed by atoms with Gasteiger partial charge in [0.2, 0.25) is 5.91 Å². The van der Waals surface area contributed by atoms with Gasteiger partial charge in [-0.3, -0.25) is 20.4 Å². The molecule has 0 fully saturated rings. The number of benzene rings is 2. The number of nitrogens with zero attached hydrogens (tertiary/aromatic N) is 1. The Morgan fingerprint density at radius 1 is 1.00 bits per heavy atom. The molecule has 0 atom stereocenters. The Balaban J connectivity index is 1.47. The quantitative estimate of drug-likeness (QED) is 0.381. The first kappa shape index (κ1) is 26.6. The summed E-state index contributed by atoms with van der Waals surface area (Å²) in [5.74, 6) is 2.12. The summed E-state index contributed by atoms with van der Waals surface area (Å²) < 4.78 is 22.0. The van der Waals surface area contributed by atoms with Gasteiger partial charge in [0.25, 0.3) is 5.91 Å². The number of hydrogen-bond donors (Lipinski definition) is 2. The third-order valence-corrected chi connectivity index (χ3v) is 5.55. The van der Waals surface area contributed by atoms with Crippen molar-refractivity contribution in [2.45, 2.75) is 47.1 Å². The van der Waals surface area contributed by atoms with Crippen LogP contribution >= 0.6 is 0 Å².